The maximum Gasteiger partial charge on any atom is 0.165 e. The molecule has 0 unspecified atom stereocenters. The zero-order valence-corrected chi connectivity index (χ0v) is 10.8. The van der Waals surface area contributed by atoms with Crippen LogP contribution in [0.25, 0.3) is 10.9 Å². The quantitative estimate of drug-likeness (QED) is 0.799. The molecule has 17 heavy (non-hydrogen) atoms. The van der Waals surface area contributed by atoms with Gasteiger partial charge in [0.25, 0.3) is 0 Å². The van der Waals surface area contributed by atoms with Crippen molar-refractivity contribution in [3.63, 3.8) is 0 Å². The third-order valence-electron chi connectivity index (χ3n) is 2.90. The summed E-state index contributed by atoms with van der Waals surface area (Å²) < 4.78 is 0. The summed E-state index contributed by atoms with van der Waals surface area (Å²) in [5.41, 5.74) is 1.64. The molecule has 0 fully saturated rings. The first-order valence-electron chi connectivity index (χ1n) is 5.88. The van der Waals surface area contributed by atoms with Gasteiger partial charge in [-0.25, -0.2) is 0 Å². The number of Topliss-reactive ketones (excluding diaryl/α,β-unsaturated/α-hetero) is 1. The Hall–Kier alpha value is -1.28. The molecule has 0 saturated heterocycles. The van der Waals surface area contributed by atoms with Gasteiger partial charge >= 0.3 is 0 Å². The van der Waals surface area contributed by atoms with Crippen molar-refractivity contribution in [3.8, 4) is 0 Å². The van der Waals surface area contributed by atoms with Gasteiger partial charge in [-0.05, 0) is 24.5 Å². The lowest BCUT2D eigenvalue weighted by molar-refractivity contribution is 0.0977. The van der Waals surface area contributed by atoms with Gasteiger partial charge in [-0.2, -0.15) is 0 Å². The number of rotatable bonds is 4. The molecule has 90 valence electrons. The highest BCUT2D eigenvalue weighted by Gasteiger charge is 2.14. The van der Waals surface area contributed by atoms with Gasteiger partial charge < -0.3 is 4.98 Å². The van der Waals surface area contributed by atoms with Crippen LogP contribution in [0.15, 0.2) is 24.4 Å². The molecule has 0 atom stereocenters. The number of carbonyl (C=O) groups excluding carboxylic acids is 1. The SMILES string of the molecule is CC(C)CCC(=O)c1c[nH]c2cccc(Cl)c12. The highest BCUT2D eigenvalue weighted by Crippen LogP contribution is 2.27. The number of benzene rings is 1. The monoisotopic (exact) mass is 249 g/mol. The summed E-state index contributed by atoms with van der Waals surface area (Å²) in [6.07, 6.45) is 3.25. The molecule has 1 aromatic carbocycles. The molecule has 0 aliphatic heterocycles. The zero-order chi connectivity index (χ0) is 12.4. The van der Waals surface area contributed by atoms with E-state index in [9.17, 15) is 4.79 Å². The molecule has 2 nitrogen and oxygen atoms in total. The van der Waals surface area contributed by atoms with E-state index in [0.29, 0.717) is 22.9 Å². The molecular formula is C14H16ClNO. The topological polar surface area (TPSA) is 32.9 Å². The van der Waals surface area contributed by atoms with Crippen molar-refractivity contribution >= 4 is 28.3 Å². The number of nitrogens with one attached hydrogen (secondary N) is 1. The van der Waals surface area contributed by atoms with Crippen molar-refractivity contribution < 1.29 is 4.79 Å². The zero-order valence-electron chi connectivity index (χ0n) is 10.1. The minimum Gasteiger partial charge on any atom is -0.360 e. The number of fused-ring (bicyclic) bond motifs is 1. The van der Waals surface area contributed by atoms with Gasteiger partial charge in [0.05, 0.1) is 5.02 Å². The molecule has 2 aromatic rings. The first-order chi connectivity index (χ1) is 8.09. The number of H-pyrrole nitrogens is 1. The van der Waals surface area contributed by atoms with Crippen LogP contribution in [0.5, 0.6) is 0 Å². The van der Waals surface area contributed by atoms with Crippen molar-refractivity contribution in [2.75, 3.05) is 0 Å². The number of ketones is 1. The van der Waals surface area contributed by atoms with Crippen LogP contribution < -0.4 is 0 Å². The van der Waals surface area contributed by atoms with Crippen molar-refractivity contribution in [2.24, 2.45) is 5.92 Å². The summed E-state index contributed by atoms with van der Waals surface area (Å²) >= 11 is 6.14. The van der Waals surface area contributed by atoms with E-state index < -0.39 is 0 Å². The van der Waals surface area contributed by atoms with Crippen LogP contribution in [0, 0.1) is 5.92 Å². The van der Waals surface area contributed by atoms with E-state index in [0.717, 1.165) is 17.3 Å². The number of hydrogen-bond acceptors (Lipinski definition) is 1. The first kappa shape index (κ1) is 12.2. The van der Waals surface area contributed by atoms with E-state index in [1.165, 1.54) is 0 Å². The molecule has 0 aliphatic rings. The number of aromatic nitrogens is 1. The van der Waals surface area contributed by atoms with Crippen LogP contribution in [0.3, 0.4) is 0 Å². The van der Waals surface area contributed by atoms with E-state index in [2.05, 4.69) is 18.8 Å². The summed E-state index contributed by atoms with van der Waals surface area (Å²) in [5, 5.41) is 1.49. The van der Waals surface area contributed by atoms with Gasteiger partial charge in [-0.1, -0.05) is 31.5 Å². The maximum atomic E-state index is 12.1. The van der Waals surface area contributed by atoms with Gasteiger partial charge in [0, 0.05) is 29.1 Å². The average Bonchev–Trinajstić information content (AvgIpc) is 2.71. The molecule has 1 heterocycles. The largest absolute Gasteiger partial charge is 0.360 e. The van der Waals surface area contributed by atoms with E-state index in [1.807, 2.05) is 18.2 Å². The Morgan fingerprint density at radius 1 is 1.41 bits per heavy atom. The molecule has 0 radical (unpaired) electrons. The van der Waals surface area contributed by atoms with Crippen LogP contribution in [-0.2, 0) is 0 Å². The van der Waals surface area contributed by atoms with E-state index >= 15 is 0 Å². The number of halogens is 1. The second-order valence-corrected chi connectivity index (χ2v) is 5.13. The van der Waals surface area contributed by atoms with E-state index in [-0.39, 0.29) is 5.78 Å². The normalized spacial score (nSPS) is 11.3. The molecular weight excluding hydrogens is 234 g/mol. The maximum absolute atomic E-state index is 12.1. The summed E-state index contributed by atoms with van der Waals surface area (Å²) in [6.45, 7) is 4.24. The Balaban J connectivity index is 2.32. The minimum atomic E-state index is 0.165. The Morgan fingerprint density at radius 3 is 2.88 bits per heavy atom. The highest BCUT2D eigenvalue weighted by atomic mass is 35.5. The van der Waals surface area contributed by atoms with Gasteiger partial charge in [-0.15, -0.1) is 0 Å². The van der Waals surface area contributed by atoms with Crippen LogP contribution in [0.2, 0.25) is 5.02 Å². The molecule has 1 N–H and O–H groups in total. The fourth-order valence-electron chi connectivity index (χ4n) is 1.91. The minimum absolute atomic E-state index is 0.165. The van der Waals surface area contributed by atoms with E-state index in [1.54, 1.807) is 6.20 Å². The van der Waals surface area contributed by atoms with Crippen molar-refractivity contribution in [1.82, 2.24) is 4.98 Å². The summed E-state index contributed by atoms with van der Waals surface area (Å²) in [7, 11) is 0. The number of carbonyl (C=O) groups is 1. The highest BCUT2D eigenvalue weighted by molar-refractivity contribution is 6.36. The standard InChI is InChI=1S/C14H16ClNO/c1-9(2)6-7-13(17)10-8-16-12-5-3-4-11(15)14(10)12/h3-5,8-9,16H,6-7H2,1-2H3. The number of hydrogen-bond donors (Lipinski definition) is 1. The molecule has 2 rings (SSSR count). The summed E-state index contributed by atoms with van der Waals surface area (Å²) in [4.78, 5) is 15.2. The predicted octanol–water partition coefficient (Wildman–Crippen LogP) is 4.44. The van der Waals surface area contributed by atoms with Crippen LogP contribution >= 0.6 is 11.6 Å². The van der Waals surface area contributed by atoms with E-state index in [4.69, 9.17) is 11.6 Å². The molecule has 0 amide bonds. The molecule has 1 aromatic heterocycles. The first-order valence-corrected chi connectivity index (χ1v) is 6.26. The van der Waals surface area contributed by atoms with Gasteiger partial charge in [0.2, 0.25) is 0 Å². The van der Waals surface area contributed by atoms with Crippen molar-refractivity contribution in [1.29, 1.82) is 0 Å². The third kappa shape index (κ3) is 2.52. The Labute approximate surface area is 106 Å². The van der Waals surface area contributed by atoms with Crippen LogP contribution in [-0.4, -0.2) is 10.8 Å². The lowest BCUT2D eigenvalue weighted by Gasteiger charge is -2.03. The Kier molecular flexibility index (Phi) is 3.53. The van der Waals surface area contributed by atoms with Crippen molar-refractivity contribution in [3.05, 3.63) is 35.0 Å². The molecule has 0 aliphatic carbocycles. The third-order valence-corrected chi connectivity index (χ3v) is 3.22. The fourth-order valence-corrected chi connectivity index (χ4v) is 2.19. The lowest BCUT2D eigenvalue weighted by Crippen LogP contribution is -2.00. The Morgan fingerprint density at radius 2 is 2.18 bits per heavy atom. The summed E-state index contributed by atoms with van der Waals surface area (Å²) in [6, 6.07) is 5.63. The van der Waals surface area contributed by atoms with Gasteiger partial charge in [0.15, 0.2) is 5.78 Å². The second-order valence-electron chi connectivity index (χ2n) is 4.72. The molecule has 0 saturated carbocycles. The smallest absolute Gasteiger partial charge is 0.165 e. The predicted molar refractivity (Wildman–Crippen MR) is 71.7 cm³/mol. The van der Waals surface area contributed by atoms with Gasteiger partial charge in [0.1, 0.15) is 0 Å². The van der Waals surface area contributed by atoms with Crippen molar-refractivity contribution in [2.45, 2.75) is 26.7 Å². The molecule has 0 bridgehead atoms. The average molecular weight is 250 g/mol. The van der Waals surface area contributed by atoms with Crippen LogP contribution in [0.1, 0.15) is 37.0 Å². The number of aromatic amines is 1. The lowest BCUT2D eigenvalue weighted by atomic mass is 10.0. The van der Waals surface area contributed by atoms with Crippen LogP contribution in [0.4, 0.5) is 0 Å². The Bertz CT molecular complexity index is 542. The second kappa shape index (κ2) is 4.92. The molecule has 0 spiro atoms. The fraction of sp³-hybridized carbons (Fsp3) is 0.357. The summed E-state index contributed by atoms with van der Waals surface area (Å²) in [5.74, 6) is 0.706. The van der Waals surface area contributed by atoms with Gasteiger partial charge in [-0.3, -0.25) is 4.79 Å². The molecule has 3 heteroatoms.